The maximum atomic E-state index is 11.9. The van der Waals surface area contributed by atoms with Gasteiger partial charge in [-0.2, -0.15) is 0 Å². The minimum Gasteiger partial charge on any atom is -0.378 e. The number of carbonyl (C=O) groups excluding carboxylic acids is 1. The highest BCUT2D eigenvalue weighted by Gasteiger charge is 2.49. The highest BCUT2D eigenvalue weighted by atomic mass is 35.5. The van der Waals surface area contributed by atoms with E-state index in [9.17, 15) is 4.79 Å². The molecule has 100 valence electrons. The summed E-state index contributed by atoms with van der Waals surface area (Å²) in [4.78, 5) is 11.9. The Labute approximate surface area is 115 Å². The van der Waals surface area contributed by atoms with Crippen molar-refractivity contribution in [2.45, 2.75) is 39.3 Å². The summed E-state index contributed by atoms with van der Waals surface area (Å²) in [6.45, 7) is 6.86. The van der Waals surface area contributed by atoms with Crippen molar-refractivity contribution in [2.75, 3.05) is 6.61 Å². The first-order valence-electron chi connectivity index (χ1n) is 5.86. The third-order valence-corrected chi connectivity index (χ3v) is 4.46. The van der Waals surface area contributed by atoms with Crippen LogP contribution in [-0.4, -0.2) is 34.9 Å². The number of rotatable bonds is 4. The van der Waals surface area contributed by atoms with Gasteiger partial charge in [0.25, 0.3) is 5.91 Å². The molecule has 1 heterocycles. The zero-order chi connectivity index (χ0) is 13.3. The lowest BCUT2D eigenvalue weighted by Crippen LogP contribution is -2.62. The lowest BCUT2D eigenvalue weighted by molar-refractivity contribution is -0.111. The number of carbonyl (C=O) groups is 1. The van der Waals surface area contributed by atoms with Gasteiger partial charge < -0.3 is 10.1 Å². The van der Waals surface area contributed by atoms with Gasteiger partial charge in [-0.25, -0.2) is 0 Å². The van der Waals surface area contributed by atoms with Crippen LogP contribution in [0.25, 0.3) is 0 Å². The van der Waals surface area contributed by atoms with Gasteiger partial charge in [0.2, 0.25) is 9.47 Å². The van der Waals surface area contributed by atoms with Crippen LogP contribution in [0.15, 0.2) is 0 Å². The molecule has 5 nitrogen and oxygen atoms in total. The summed E-state index contributed by atoms with van der Waals surface area (Å²) in [6, 6.07) is 0.101. The normalized spacial score (nSPS) is 25.6. The third-order valence-electron chi connectivity index (χ3n) is 3.45. The van der Waals surface area contributed by atoms with Crippen LogP contribution >= 0.6 is 22.9 Å². The third kappa shape index (κ3) is 2.50. The number of hydrogen-bond acceptors (Lipinski definition) is 5. The molecule has 0 spiro atoms. The summed E-state index contributed by atoms with van der Waals surface area (Å²) in [6.07, 6.45) is 1.03. The molecular formula is C11H16ClN3O2S. The van der Waals surface area contributed by atoms with Crippen molar-refractivity contribution in [3.8, 4) is 0 Å². The maximum absolute atomic E-state index is 11.9. The topological polar surface area (TPSA) is 64.1 Å². The van der Waals surface area contributed by atoms with Crippen LogP contribution in [0.4, 0.5) is 0 Å². The molecule has 18 heavy (non-hydrogen) atoms. The van der Waals surface area contributed by atoms with E-state index in [4.69, 9.17) is 16.3 Å². The first-order chi connectivity index (χ1) is 8.45. The van der Waals surface area contributed by atoms with Gasteiger partial charge in [0, 0.05) is 18.1 Å². The van der Waals surface area contributed by atoms with Crippen molar-refractivity contribution in [3.05, 3.63) is 9.47 Å². The van der Waals surface area contributed by atoms with Crippen molar-refractivity contribution < 1.29 is 9.53 Å². The number of aromatic nitrogens is 2. The molecule has 1 aliphatic carbocycles. The summed E-state index contributed by atoms with van der Waals surface area (Å²) in [5.74, 6) is -0.215. The van der Waals surface area contributed by atoms with Crippen molar-refractivity contribution in [2.24, 2.45) is 5.41 Å². The van der Waals surface area contributed by atoms with E-state index in [0.717, 1.165) is 17.8 Å². The van der Waals surface area contributed by atoms with Gasteiger partial charge in [-0.1, -0.05) is 25.2 Å². The molecule has 2 rings (SSSR count). The Balaban J connectivity index is 1.94. The van der Waals surface area contributed by atoms with E-state index >= 15 is 0 Å². The molecule has 1 aliphatic rings. The van der Waals surface area contributed by atoms with Gasteiger partial charge in [0.15, 0.2) is 0 Å². The molecule has 0 saturated heterocycles. The van der Waals surface area contributed by atoms with E-state index in [0.29, 0.717) is 11.6 Å². The highest BCUT2D eigenvalue weighted by molar-refractivity contribution is 7.17. The van der Waals surface area contributed by atoms with Gasteiger partial charge in [-0.3, -0.25) is 4.79 Å². The Morgan fingerprint density at radius 1 is 1.61 bits per heavy atom. The highest BCUT2D eigenvalue weighted by Crippen LogP contribution is 2.42. The number of nitrogens with one attached hydrogen (secondary N) is 1. The largest absolute Gasteiger partial charge is 0.378 e. The molecule has 1 fully saturated rings. The fourth-order valence-corrected chi connectivity index (χ4v) is 2.86. The Morgan fingerprint density at radius 3 is 2.83 bits per heavy atom. The quantitative estimate of drug-likeness (QED) is 0.922. The summed E-state index contributed by atoms with van der Waals surface area (Å²) in [7, 11) is 0. The van der Waals surface area contributed by atoms with Gasteiger partial charge in [0.1, 0.15) is 0 Å². The van der Waals surface area contributed by atoms with Gasteiger partial charge in [0.05, 0.1) is 6.10 Å². The molecule has 1 amide bonds. The minimum absolute atomic E-state index is 0.0554. The van der Waals surface area contributed by atoms with Gasteiger partial charge in [-0.15, -0.1) is 10.2 Å². The Kier molecular flexibility index (Phi) is 3.89. The Bertz CT molecular complexity index is 449. The summed E-state index contributed by atoms with van der Waals surface area (Å²) in [5.41, 5.74) is -0.0554. The molecule has 0 bridgehead atoms. The molecule has 0 aromatic carbocycles. The first-order valence-corrected chi connectivity index (χ1v) is 7.06. The molecule has 2 unspecified atom stereocenters. The molecular weight excluding hydrogens is 274 g/mol. The Morgan fingerprint density at radius 2 is 2.33 bits per heavy atom. The average Bonchev–Trinajstić information content (AvgIpc) is 2.74. The van der Waals surface area contributed by atoms with Gasteiger partial charge >= 0.3 is 0 Å². The zero-order valence-electron chi connectivity index (χ0n) is 10.6. The van der Waals surface area contributed by atoms with E-state index in [1.54, 1.807) is 0 Å². The second-order valence-corrected chi connectivity index (χ2v) is 6.45. The maximum Gasteiger partial charge on any atom is 0.282 e. The predicted octanol–water partition coefficient (Wildman–Crippen LogP) is 2.12. The second-order valence-electron chi connectivity index (χ2n) is 4.89. The van der Waals surface area contributed by atoms with Crippen LogP contribution in [0, 0.1) is 5.41 Å². The smallest absolute Gasteiger partial charge is 0.282 e. The minimum atomic E-state index is -0.215. The average molecular weight is 290 g/mol. The van der Waals surface area contributed by atoms with Crippen LogP contribution in [0.2, 0.25) is 4.47 Å². The van der Waals surface area contributed by atoms with E-state index in [2.05, 4.69) is 29.4 Å². The van der Waals surface area contributed by atoms with Crippen LogP contribution in [0.1, 0.15) is 37.0 Å². The lowest BCUT2D eigenvalue weighted by Gasteiger charge is -2.51. The number of nitrogens with zero attached hydrogens (tertiary/aromatic N) is 2. The Hall–Kier alpha value is -0.720. The van der Waals surface area contributed by atoms with Crippen LogP contribution < -0.4 is 5.32 Å². The fourth-order valence-electron chi connectivity index (χ4n) is 2.13. The van der Waals surface area contributed by atoms with Crippen molar-refractivity contribution in [1.82, 2.24) is 15.5 Å². The second kappa shape index (κ2) is 5.11. The molecule has 1 aromatic rings. The van der Waals surface area contributed by atoms with Crippen LogP contribution in [0.5, 0.6) is 0 Å². The molecule has 0 radical (unpaired) electrons. The summed E-state index contributed by atoms with van der Waals surface area (Å²) >= 11 is 6.74. The number of hydrogen-bond donors (Lipinski definition) is 1. The van der Waals surface area contributed by atoms with E-state index in [-0.39, 0.29) is 27.9 Å². The summed E-state index contributed by atoms with van der Waals surface area (Å²) in [5, 5.41) is 10.6. The van der Waals surface area contributed by atoms with Gasteiger partial charge in [-0.05, 0) is 24.9 Å². The molecule has 7 heteroatoms. The zero-order valence-corrected chi connectivity index (χ0v) is 12.1. The standard InChI is InChI=1S/C11H16ClN3O2S/c1-4-17-7-5-6(11(7,2)3)13-8(16)9-14-15-10(12)18-9/h6-7H,4-5H2,1-3H3,(H,13,16). The molecule has 1 saturated carbocycles. The van der Waals surface area contributed by atoms with E-state index < -0.39 is 0 Å². The van der Waals surface area contributed by atoms with E-state index in [1.807, 2.05) is 6.92 Å². The molecule has 1 N–H and O–H groups in total. The van der Waals surface area contributed by atoms with Crippen molar-refractivity contribution in [1.29, 1.82) is 0 Å². The fraction of sp³-hybridized carbons (Fsp3) is 0.727. The SMILES string of the molecule is CCOC1CC(NC(=O)c2nnc(Cl)s2)C1(C)C. The van der Waals surface area contributed by atoms with Crippen LogP contribution in [-0.2, 0) is 4.74 Å². The molecule has 0 aliphatic heterocycles. The van der Waals surface area contributed by atoms with Crippen molar-refractivity contribution in [3.63, 3.8) is 0 Å². The first kappa shape index (κ1) is 13.7. The molecule has 2 atom stereocenters. The number of ether oxygens (including phenoxy) is 1. The predicted molar refractivity (Wildman–Crippen MR) is 70.0 cm³/mol. The van der Waals surface area contributed by atoms with Crippen molar-refractivity contribution >= 4 is 28.8 Å². The summed E-state index contributed by atoms with van der Waals surface area (Å²) < 4.78 is 5.89. The van der Waals surface area contributed by atoms with Crippen LogP contribution in [0.3, 0.4) is 0 Å². The number of amides is 1. The van der Waals surface area contributed by atoms with E-state index in [1.165, 1.54) is 0 Å². The molecule has 1 aromatic heterocycles. The monoisotopic (exact) mass is 289 g/mol. The lowest BCUT2D eigenvalue weighted by atomic mass is 9.64. The number of halogens is 1.